The van der Waals surface area contributed by atoms with Crippen molar-refractivity contribution in [3.63, 3.8) is 0 Å². The lowest BCUT2D eigenvalue weighted by molar-refractivity contribution is -0.115. The van der Waals surface area contributed by atoms with Gasteiger partial charge in [-0.3, -0.25) is 4.79 Å². The van der Waals surface area contributed by atoms with Gasteiger partial charge in [-0.2, -0.15) is 0 Å². The van der Waals surface area contributed by atoms with E-state index >= 15 is 0 Å². The lowest BCUT2D eigenvalue weighted by Gasteiger charge is -2.09. The summed E-state index contributed by atoms with van der Waals surface area (Å²) in [5.74, 6) is 1.09. The Morgan fingerprint density at radius 2 is 2.04 bits per heavy atom. The number of amides is 1. The smallest absolute Gasteiger partial charge is 0.264 e. The highest BCUT2D eigenvalue weighted by atomic mass is 35.5. The Bertz CT molecular complexity index is 896. The van der Waals surface area contributed by atoms with Crippen molar-refractivity contribution in [2.24, 2.45) is 4.99 Å². The Labute approximate surface area is 161 Å². The summed E-state index contributed by atoms with van der Waals surface area (Å²) < 4.78 is 10.8. The van der Waals surface area contributed by atoms with E-state index in [-0.39, 0.29) is 5.91 Å². The molecule has 1 fully saturated rings. The van der Waals surface area contributed by atoms with E-state index in [1.807, 2.05) is 37.3 Å². The van der Waals surface area contributed by atoms with E-state index in [0.717, 1.165) is 5.56 Å². The van der Waals surface area contributed by atoms with Gasteiger partial charge in [0.1, 0.15) is 0 Å². The van der Waals surface area contributed by atoms with E-state index in [9.17, 15) is 4.79 Å². The fraction of sp³-hybridized carbons (Fsp3) is 0.158. The predicted molar refractivity (Wildman–Crippen MR) is 106 cm³/mol. The molecule has 0 spiro atoms. The van der Waals surface area contributed by atoms with Gasteiger partial charge in [-0.05, 0) is 54.6 Å². The van der Waals surface area contributed by atoms with E-state index in [1.54, 1.807) is 25.3 Å². The van der Waals surface area contributed by atoms with Crippen molar-refractivity contribution in [1.29, 1.82) is 0 Å². The number of ether oxygens (including phenoxy) is 2. The van der Waals surface area contributed by atoms with Crippen LogP contribution < -0.4 is 14.8 Å². The highest BCUT2D eigenvalue weighted by Crippen LogP contribution is 2.33. The Morgan fingerprint density at radius 1 is 1.23 bits per heavy atom. The minimum atomic E-state index is -0.200. The third-order valence-corrected chi connectivity index (χ3v) is 4.74. The van der Waals surface area contributed by atoms with Gasteiger partial charge in [0.25, 0.3) is 5.91 Å². The maximum Gasteiger partial charge on any atom is 0.264 e. The summed E-state index contributed by atoms with van der Waals surface area (Å²) in [6, 6.07) is 12.7. The molecule has 3 rings (SSSR count). The number of nitrogens with one attached hydrogen (secondary N) is 1. The van der Waals surface area contributed by atoms with Crippen molar-refractivity contribution in [1.82, 2.24) is 5.32 Å². The van der Waals surface area contributed by atoms with Gasteiger partial charge in [-0.1, -0.05) is 29.8 Å². The maximum atomic E-state index is 12.2. The molecule has 1 amide bonds. The van der Waals surface area contributed by atoms with Crippen molar-refractivity contribution < 1.29 is 14.3 Å². The first kappa shape index (κ1) is 18.4. The summed E-state index contributed by atoms with van der Waals surface area (Å²) >= 11 is 7.37. The SMILES string of the molecule is CCOc1ccc(/C=C2\SC(=Nc3ccccc3Cl)NC2=O)cc1OC. The molecule has 2 aromatic rings. The van der Waals surface area contributed by atoms with Gasteiger partial charge in [0.05, 0.1) is 29.3 Å². The molecule has 2 aromatic carbocycles. The van der Waals surface area contributed by atoms with E-state index in [2.05, 4.69) is 10.3 Å². The summed E-state index contributed by atoms with van der Waals surface area (Å²) in [6.07, 6.45) is 1.79. The van der Waals surface area contributed by atoms with Gasteiger partial charge in [0, 0.05) is 0 Å². The van der Waals surface area contributed by atoms with Crippen LogP contribution in [0.1, 0.15) is 12.5 Å². The van der Waals surface area contributed by atoms with Gasteiger partial charge >= 0.3 is 0 Å². The minimum Gasteiger partial charge on any atom is -0.493 e. The number of para-hydroxylation sites is 1. The second kappa shape index (κ2) is 8.29. The number of methoxy groups -OCH3 is 1. The quantitative estimate of drug-likeness (QED) is 0.758. The molecule has 0 atom stereocenters. The summed E-state index contributed by atoms with van der Waals surface area (Å²) in [4.78, 5) is 17.2. The van der Waals surface area contributed by atoms with Gasteiger partial charge in [0.15, 0.2) is 16.7 Å². The number of amidine groups is 1. The van der Waals surface area contributed by atoms with Crippen LogP contribution in [0, 0.1) is 0 Å². The molecule has 1 saturated heterocycles. The summed E-state index contributed by atoms with van der Waals surface area (Å²) in [6.45, 7) is 2.46. The van der Waals surface area contributed by atoms with Crippen LogP contribution in [0.5, 0.6) is 11.5 Å². The summed E-state index contributed by atoms with van der Waals surface area (Å²) in [7, 11) is 1.58. The third-order valence-electron chi connectivity index (χ3n) is 3.51. The normalized spacial score (nSPS) is 16.8. The Balaban J connectivity index is 1.84. The fourth-order valence-corrected chi connectivity index (χ4v) is 3.35. The number of nitrogens with zero attached hydrogens (tertiary/aromatic N) is 1. The lowest BCUT2D eigenvalue weighted by atomic mass is 10.2. The molecule has 0 bridgehead atoms. The zero-order valence-electron chi connectivity index (χ0n) is 14.3. The fourth-order valence-electron chi connectivity index (χ4n) is 2.33. The summed E-state index contributed by atoms with van der Waals surface area (Å²) in [5, 5.41) is 3.78. The van der Waals surface area contributed by atoms with Crippen LogP contribution in [0.3, 0.4) is 0 Å². The van der Waals surface area contributed by atoms with Gasteiger partial charge < -0.3 is 14.8 Å². The molecule has 1 heterocycles. The number of aliphatic imine (C=N–C) groups is 1. The van der Waals surface area contributed by atoms with Crippen molar-refractivity contribution in [2.75, 3.05) is 13.7 Å². The number of hydrogen-bond donors (Lipinski definition) is 1. The average molecular weight is 389 g/mol. The molecule has 0 unspecified atom stereocenters. The molecule has 26 heavy (non-hydrogen) atoms. The number of hydrogen-bond acceptors (Lipinski definition) is 5. The number of carbonyl (C=O) groups is 1. The molecule has 1 aliphatic heterocycles. The van der Waals surface area contributed by atoms with Crippen molar-refractivity contribution in [2.45, 2.75) is 6.92 Å². The molecular formula is C19H17ClN2O3S. The van der Waals surface area contributed by atoms with Crippen molar-refractivity contribution in [3.05, 3.63) is 58.0 Å². The van der Waals surface area contributed by atoms with Crippen molar-refractivity contribution >= 4 is 46.2 Å². The lowest BCUT2D eigenvalue weighted by Crippen LogP contribution is -2.19. The van der Waals surface area contributed by atoms with Crippen LogP contribution in [0.15, 0.2) is 52.4 Å². The Kier molecular flexibility index (Phi) is 5.85. The highest BCUT2D eigenvalue weighted by Gasteiger charge is 2.24. The standard InChI is InChI=1S/C19H17ClN2O3S/c1-3-25-15-9-8-12(10-16(15)24-2)11-17-18(23)22-19(26-17)21-14-7-5-4-6-13(14)20/h4-11H,3H2,1-2H3,(H,21,22,23)/b17-11-. The Hall–Kier alpha value is -2.44. The van der Waals surface area contributed by atoms with Crippen LogP contribution in [0.4, 0.5) is 5.69 Å². The molecular weight excluding hydrogens is 372 g/mol. The first-order chi connectivity index (χ1) is 12.6. The van der Waals surface area contributed by atoms with Crippen LogP contribution in [0.25, 0.3) is 6.08 Å². The molecule has 7 heteroatoms. The molecule has 5 nitrogen and oxygen atoms in total. The zero-order valence-corrected chi connectivity index (χ0v) is 15.9. The molecule has 0 radical (unpaired) electrons. The average Bonchev–Trinajstić information content (AvgIpc) is 2.97. The highest BCUT2D eigenvalue weighted by molar-refractivity contribution is 8.18. The van der Waals surface area contributed by atoms with Gasteiger partial charge in [-0.25, -0.2) is 4.99 Å². The molecule has 0 aromatic heterocycles. The van der Waals surface area contributed by atoms with Crippen LogP contribution >= 0.6 is 23.4 Å². The first-order valence-electron chi connectivity index (χ1n) is 7.95. The third kappa shape index (κ3) is 4.20. The van der Waals surface area contributed by atoms with Gasteiger partial charge in [0.2, 0.25) is 0 Å². The van der Waals surface area contributed by atoms with E-state index in [4.69, 9.17) is 21.1 Å². The largest absolute Gasteiger partial charge is 0.493 e. The van der Waals surface area contributed by atoms with Crippen LogP contribution in [-0.4, -0.2) is 24.8 Å². The molecule has 0 saturated carbocycles. The Morgan fingerprint density at radius 3 is 2.77 bits per heavy atom. The van der Waals surface area contributed by atoms with E-state index in [0.29, 0.717) is 38.9 Å². The van der Waals surface area contributed by atoms with E-state index < -0.39 is 0 Å². The molecule has 0 aliphatic carbocycles. The number of rotatable bonds is 5. The number of carbonyl (C=O) groups excluding carboxylic acids is 1. The molecule has 134 valence electrons. The van der Waals surface area contributed by atoms with Crippen LogP contribution in [-0.2, 0) is 4.79 Å². The maximum absolute atomic E-state index is 12.2. The number of benzene rings is 2. The molecule has 1 aliphatic rings. The zero-order chi connectivity index (χ0) is 18.5. The topological polar surface area (TPSA) is 59.9 Å². The van der Waals surface area contributed by atoms with Gasteiger partial charge in [-0.15, -0.1) is 0 Å². The monoisotopic (exact) mass is 388 g/mol. The predicted octanol–water partition coefficient (Wildman–Crippen LogP) is 4.64. The minimum absolute atomic E-state index is 0.200. The molecule has 1 N–H and O–H groups in total. The second-order valence-corrected chi connectivity index (χ2v) is 6.71. The summed E-state index contributed by atoms with van der Waals surface area (Å²) in [5.41, 5.74) is 1.45. The number of halogens is 1. The first-order valence-corrected chi connectivity index (χ1v) is 9.15. The van der Waals surface area contributed by atoms with Crippen molar-refractivity contribution in [3.8, 4) is 11.5 Å². The van der Waals surface area contributed by atoms with E-state index in [1.165, 1.54) is 11.8 Å². The number of thioether (sulfide) groups is 1. The second-order valence-electron chi connectivity index (χ2n) is 5.28. The van der Waals surface area contributed by atoms with Crippen LogP contribution in [0.2, 0.25) is 5.02 Å².